The van der Waals surface area contributed by atoms with Crippen molar-refractivity contribution in [2.24, 2.45) is 0 Å². The smallest absolute Gasteiger partial charge is 0.0149 e. The van der Waals surface area contributed by atoms with Gasteiger partial charge in [-0.05, 0) is 34.7 Å². The van der Waals surface area contributed by atoms with Gasteiger partial charge in [-0.3, -0.25) is 0 Å². The van der Waals surface area contributed by atoms with E-state index in [9.17, 15) is 0 Å². The standard InChI is InChI=1S/C14H16.2C2H6/c1-3-11-9-10-12(4-2)14-8-6-5-7-13(11)14;2*1-2/h5-10H,3-4H2,1-2H3;2*1-2H3. The molecule has 0 heterocycles. The predicted molar refractivity (Wildman–Crippen MR) is 85.4 cm³/mol. The third-order valence-electron chi connectivity index (χ3n) is 2.87. The summed E-state index contributed by atoms with van der Waals surface area (Å²) in [5.41, 5.74) is 2.91. The van der Waals surface area contributed by atoms with Crippen molar-refractivity contribution in [2.75, 3.05) is 0 Å². The lowest BCUT2D eigenvalue weighted by Gasteiger charge is -2.08. The van der Waals surface area contributed by atoms with Crippen molar-refractivity contribution >= 4 is 10.8 Å². The molecule has 0 radical (unpaired) electrons. The third kappa shape index (κ3) is 3.87. The summed E-state index contributed by atoms with van der Waals surface area (Å²) in [5.74, 6) is 0. The highest BCUT2D eigenvalue weighted by atomic mass is 14.1. The molecule has 0 aliphatic carbocycles. The van der Waals surface area contributed by atoms with E-state index in [0.29, 0.717) is 0 Å². The zero-order valence-electron chi connectivity index (χ0n) is 12.9. The van der Waals surface area contributed by atoms with Crippen molar-refractivity contribution < 1.29 is 0 Å². The molecule has 0 amide bonds. The van der Waals surface area contributed by atoms with Crippen LogP contribution in [0.3, 0.4) is 0 Å². The zero-order chi connectivity index (χ0) is 14.0. The summed E-state index contributed by atoms with van der Waals surface area (Å²) in [6.45, 7) is 12.4. The fourth-order valence-electron chi connectivity index (χ4n) is 2.04. The van der Waals surface area contributed by atoms with Crippen molar-refractivity contribution in [3.8, 4) is 0 Å². The summed E-state index contributed by atoms with van der Waals surface area (Å²) in [5, 5.41) is 2.85. The van der Waals surface area contributed by atoms with Crippen LogP contribution >= 0.6 is 0 Å². The molecule has 0 nitrogen and oxygen atoms in total. The summed E-state index contributed by atoms with van der Waals surface area (Å²) in [4.78, 5) is 0. The molecule has 0 bridgehead atoms. The molecule has 0 saturated carbocycles. The Hall–Kier alpha value is -1.30. The van der Waals surface area contributed by atoms with E-state index < -0.39 is 0 Å². The van der Waals surface area contributed by atoms with Crippen LogP contribution in [0.2, 0.25) is 0 Å². The van der Waals surface area contributed by atoms with Gasteiger partial charge in [-0.1, -0.05) is 77.9 Å². The Morgan fingerprint density at radius 1 is 0.611 bits per heavy atom. The first-order chi connectivity index (χ1) is 8.86. The molecule has 2 rings (SSSR count). The van der Waals surface area contributed by atoms with Gasteiger partial charge in [0.2, 0.25) is 0 Å². The minimum atomic E-state index is 1.12. The van der Waals surface area contributed by atoms with Gasteiger partial charge >= 0.3 is 0 Å². The van der Waals surface area contributed by atoms with Crippen LogP contribution in [0.1, 0.15) is 52.7 Å². The van der Waals surface area contributed by atoms with E-state index in [1.165, 1.54) is 21.9 Å². The van der Waals surface area contributed by atoms with E-state index >= 15 is 0 Å². The molecule has 0 heteroatoms. The van der Waals surface area contributed by atoms with Gasteiger partial charge in [0.25, 0.3) is 0 Å². The van der Waals surface area contributed by atoms with Gasteiger partial charge in [0.15, 0.2) is 0 Å². The van der Waals surface area contributed by atoms with Crippen molar-refractivity contribution in [3.05, 3.63) is 47.5 Å². The molecule has 0 atom stereocenters. The Morgan fingerprint density at radius 2 is 0.944 bits per heavy atom. The molecule has 0 saturated heterocycles. The van der Waals surface area contributed by atoms with Crippen LogP contribution < -0.4 is 0 Å². The summed E-state index contributed by atoms with van der Waals surface area (Å²) >= 11 is 0. The second-order valence-electron chi connectivity index (χ2n) is 3.64. The molecule has 0 aliphatic heterocycles. The van der Waals surface area contributed by atoms with Crippen LogP contribution in [0.25, 0.3) is 10.8 Å². The minimum Gasteiger partial charge on any atom is -0.0683 e. The first kappa shape index (κ1) is 16.7. The summed E-state index contributed by atoms with van der Waals surface area (Å²) < 4.78 is 0. The molecule has 2 aromatic rings. The molecule has 0 unspecified atom stereocenters. The second-order valence-corrected chi connectivity index (χ2v) is 3.64. The van der Waals surface area contributed by atoms with Crippen molar-refractivity contribution in [1.29, 1.82) is 0 Å². The van der Waals surface area contributed by atoms with Crippen molar-refractivity contribution in [1.82, 2.24) is 0 Å². The van der Waals surface area contributed by atoms with Crippen LogP contribution in [-0.4, -0.2) is 0 Å². The van der Waals surface area contributed by atoms with Gasteiger partial charge in [-0.25, -0.2) is 0 Å². The van der Waals surface area contributed by atoms with Crippen LogP contribution in [0.5, 0.6) is 0 Å². The average molecular weight is 244 g/mol. The number of benzene rings is 2. The van der Waals surface area contributed by atoms with Gasteiger partial charge in [0.05, 0.1) is 0 Å². The van der Waals surface area contributed by atoms with Gasteiger partial charge in [-0.2, -0.15) is 0 Å². The van der Waals surface area contributed by atoms with Gasteiger partial charge < -0.3 is 0 Å². The highest BCUT2D eigenvalue weighted by Gasteiger charge is 2.01. The number of hydrogen-bond acceptors (Lipinski definition) is 0. The lowest BCUT2D eigenvalue weighted by molar-refractivity contribution is 1.13. The normalized spacial score (nSPS) is 9.00. The Labute approximate surface area is 113 Å². The van der Waals surface area contributed by atoms with Gasteiger partial charge in [-0.15, -0.1) is 0 Å². The predicted octanol–water partition coefficient (Wildman–Crippen LogP) is 6.02. The zero-order valence-corrected chi connectivity index (χ0v) is 12.9. The van der Waals surface area contributed by atoms with E-state index in [1.807, 2.05) is 27.7 Å². The monoisotopic (exact) mass is 244 g/mol. The Morgan fingerprint density at radius 3 is 1.22 bits per heavy atom. The molecular formula is C18H28. The lowest BCUT2D eigenvalue weighted by atomic mass is 9.97. The van der Waals surface area contributed by atoms with E-state index in [4.69, 9.17) is 0 Å². The van der Waals surface area contributed by atoms with Crippen molar-refractivity contribution in [3.63, 3.8) is 0 Å². The molecule has 0 N–H and O–H groups in total. The largest absolute Gasteiger partial charge is 0.0683 e. The van der Waals surface area contributed by atoms with E-state index in [0.717, 1.165) is 12.8 Å². The van der Waals surface area contributed by atoms with Crippen molar-refractivity contribution in [2.45, 2.75) is 54.4 Å². The molecule has 100 valence electrons. The molecule has 2 aromatic carbocycles. The lowest BCUT2D eigenvalue weighted by Crippen LogP contribution is -1.88. The number of aryl methyl sites for hydroxylation is 2. The fraction of sp³-hybridized carbons (Fsp3) is 0.444. The molecule has 0 aromatic heterocycles. The number of hydrogen-bond donors (Lipinski definition) is 0. The number of rotatable bonds is 2. The molecule has 0 aliphatic rings. The minimum absolute atomic E-state index is 1.12. The second kappa shape index (κ2) is 9.70. The van der Waals surface area contributed by atoms with E-state index in [2.05, 4.69) is 50.2 Å². The first-order valence-electron chi connectivity index (χ1n) is 7.36. The number of fused-ring (bicyclic) bond motifs is 1. The first-order valence-corrected chi connectivity index (χ1v) is 7.36. The van der Waals surface area contributed by atoms with Gasteiger partial charge in [0, 0.05) is 0 Å². The van der Waals surface area contributed by atoms with Gasteiger partial charge in [0.1, 0.15) is 0 Å². The maximum atomic E-state index is 2.27. The van der Waals surface area contributed by atoms with Crippen LogP contribution in [0, 0.1) is 0 Å². The quantitative estimate of drug-likeness (QED) is 0.606. The highest BCUT2D eigenvalue weighted by Crippen LogP contribution is 2.23. The summed E-state index contributed by atoms with van der Waals surface area (Å²) in [6, 6.07) is 13.2. The topological polar surface area (TPSA) is 0 Å². The van der Waals surface area contributed by atoms with Crippen LogP contribution in [0.15, 0.2) is 36.4 Å². The van der Waals surface area contributed by atoms with Crippen LogP contribution in [-0.2, 0) is 12.8 Å². The molecule has 0 spiro atoms. The summed E-state index contributed by atoms with van der Waals surface area (Å²) in [6.07, 6.45) is 2.23. The molecule has 18 heavy (non-hydrogen) atoms. The fourth-order valence-corrected chi connectivity index (χ4v) is 2.04. The summed E-state index contributed by atoms with van der Waals surface area (Å²) in [7, 11) is 0. The Balaban J connectivity index is 0.000000659. The van der Waals surface area contributed by atoms with E-state index in [-0.39, 0.29) is 0 Å². The SMILES string of the molecule is CC.CC.CCc1ccc(CC)c2ccccc12. The Kier molecular flexibility index (Phi) is 9.00. The average Bonchev–Trinajstić information content (AvgIpc) is 2.50. The maximum absolute atomic E-state index is 2.27. The third-order valence-corrected chi connectivity index (χ3v) is 2.87. The van der Waals surface area contributed by atoms with E-state index in [1.54, 1.807) is 0 Å². The maximum Gasteiger partial charge on any atom is -0.0149 e. The highest BCUT2D eigenvalue weighted by molar-refractivity contribution is 5.88. The van der Waals surface area contributed by atoms with Crippen LogP contribution in [0.4, 0.5) is 0 Å². The Bertz CT molecular complexity index is 398. The molecule has 0 fully saturated rings. The molecular weight excluding hydrogens is 216 g/mol.